The highest BCUT2D eigenvalue weighted by atomic mass is 32.2. The van der Waals surface area contributed by atoms with Crippen molar-refractivity contribution in [1.29, 1.82) is 0 Å². The zero-order chi connectivity index (χ0) is 12.9. The Balaban J connectivity index is 2.84. The average molecular weight is 258 g/mol. The van der Waals surface area contributed by atoms with Crippen LogP contribution in [0.25, 0.3) is 0 Å². The third-order valence-electron chi connectivity index (χ3n) is 2.37. The quantitative estimate of drug-likeness (QED) is 0.534. The Kier molecular flexibility index (Phi) is 4.92. The largest absolute Gasteiger partial charge is 0.369 e. The molecule has 96 valence electrons. The molecule has 0 aliphatic carbocycles. The van der Waals surface area contributed by atoms with Gasteiger partial charge in [-0.3, -0.25) is 4.55 Å². The fourth-order valence-corrected chi connectivity index (χ4v) is 2.16. The zero-order valence-corrected chi connectivity index (χ0v) is 10.6. The molecule has 6 heteroatoms. The van der Waals surface area contributed by atoms with Gasteiger partial charge >= 0.3 is 0 Å². The zero-order valence-electron chi connectivity index (χ0n) is 9.76. The highest BCUT2D eigenvalue weighted by Crippen LogP contribution is 2.21. The van der Waals surface area contributed by atoms with E-state index in [9.17, 15) is 8.42 Å². The molecule has 1 rings (SSSR count). The molecule has 4 N–H and O–H groups in total. The number of benzene rings is 1. The minimum Gasteiger partial charge on any atom is -0.369 e. The van der Waals surface area contributed by atoms with E-state index in [1.54, 1.807) is 18.2 Å². The normalized spacial score (nSPS) is 13.4. The van der Waals surface area contributed by atoms with Gasteiger partial charge in [-0.1, -0.05) is 31.9 Å². The van der Waals surface area contributed by atoms with Crippen LogP contribution in [0.1, 0.15) is 26.2 Å². The Labute approximate surface area is 102 Å². The van der Waals surface area contributed by atoms with Gasteiger partial charge in [0.1, 0.15) is 4.90 Å². The van der Waals surface area contributed by atoms with Crippen molar-refractivity contribution < 1.29 is 13.0 Å². The number of hydrogen-bond donors (Lipinski definition) is 3. The van der Waals surface area contributed by atoms with Crippen molar-refractivity contribution in [1.82, 2.24) is 0 Å². The van der Waals surface area contributed by atoms with Crippen LogP contribution in [0.2, 0.25) is 0 Å². The van der Waals surface area contributed by atoms with Crippen LogP contribution in [-0.4, -0.2) is 19.1 Å². The number of nitrogens with two attached hydrogens (primary N) is 1. The molecule has 0 aromatic heterocycles. The number of anilines is 1. The van der Waals surface area contributed by atoms with E-state index in [2.05, 4.69) is 12.2 Å². The summed E-state index contributed by atoms with van der Waals surface area (Å²) in [5, 5.41) is 2.89. The maximum Gasteiger partial charge on any atom is 0.296 e. The van der Waals surface area contributed by atoms with Gasteiger partial charge in [0.15, 0.2) is 0 Å². The van der Waals surface area contributed by atoms with Crippen LogP contribution in [0, 0.1) is 0 Å². The lowest BCUT2D eigenvalue weighted by molar-refractivity contribution is 0.483. The standard InChI is InChI=1S/C11H18N2O3S/c1-2-3-8-11(12)13-9-6-4-5-7-10(9)17(14,15)16/h4-7,11,13H,2-3,8,12H2,1H3,(H,14,15,16). The lowest BCUT2D eigenvalue weighted by atomic mass is 10.2. The summed E-state index contributed by atoms with van der Waals surface area (Å²) in [5.74, 6) is 0. The van der Waals surface area contributed by atoms with Gasteiger partial charge in [0.25, 0.3) is 10.1 Å². The van der Waals surface area contributed by atoms with E-state index in [-0.39, 0.29) is 11.1 Å². The number of hydrogen-bond acceptors (Lipinski definition) is 4. The first-order valence-corrected chi connectivity index (χ1v) is 6.97. The third kappa shape index (κ3) is 4.33. The van der Waals surface area contributed by atoms with Crippen molar-refractivity contribution in [3.8, 4) is 0 Å². The van der Waals surface area contributed by atoms with Crippen molar-refractivity contribution in [3.05, 3.63) is 24.3 Å². The van der Waals surface area contributed by atoms with Gasteiger partial charge in [0, 0.05) is 0 Å². The Morgan fingerprint density at radius 1 is 1.41 bits per heavy atom. The molecule has 0 saturated heterocycles. The van der Waals surface area contributed by atoms with E-state index in [1.165, 1.54) is 6.07 Å². The molecule has 1 unspecified atom stereocenters. The smallest absolute Gasteiger partial charge is 0.296 e. The van der Waals surface area contributed by atoms with Gasteiger partial charge in [-0.2, -0.15) is 8.42 Å². The van der Waals surface area contributed by atoms with Crippen LogP contribution in [-0.2, 0) is 10.1 Å². The van der Waals surface area contributed by atoms with Crippen LogP contribution >= 0.6 is 0 Å². The highest BCUT2D eigenvalue weighted by Gasteiger charge is 2.15. The molecule has 0 heterocycles. The summed E-state index contributed by atoms with van der Waals surface area (Å²) in [4.78, 5) is -0.146. The summed E-state index contributed by atoms with van der Waals surface area (Å²) in [7, 11) is -4.22. The molecule has 0 fully saturated rings. The van der Waals surface area contributed by atoms with Gasteiger partial charge in [-0.05, 0) is 18.6 Å². The van der Waals surface area contributed by atoms with Gasteiger partial charge < -0.3 is 11.1 Å². The minimum atomic E-state index is -4.22. The molecule has 5 nitrogen and oxygen atoms in total. The van der Waals surface area contributed by atoms with Crippen molar-refractivity contribution in [2.45, 2.75) is 37.2 Å². The Bertz CT molecular complexity index is 460. The van der Waals surface area contributed by atoms with Gasteiger partial charge in [-0.25, -0.2) is 0 Å². The maximum absolute atomic E-state index is 11.1. The maximum atomic E-state index is 11.1. The summed E-state index contributed by atoms with van der Waals surface area (Å²) < 4.78 is 31.3. The predicted molar refractivity (Wildman–Crippen MR) is 67.4 cm³/mol. The second-order valence-corrected chi connectivity index (χ2v) is 5.25. The van der Waals surface area contributed by atoms with Gasteiger partial charge in [-0.15, -0.1) is 0 Å². The van der Waals surface area contributed by atoms with Crippen molar-refractivity contribution in [3.63, 3.8) is 0 Å². The lowest BCUT2D eigenvalue weighted by Gasteiger charge is -2.16. The molecular weight excluding hydrogens is 240 g/mol. The lowest BCUT2D eigenvalue weighted by Crippen LogP contribution is -2.30. The molecule has 0 aliphatic rings. The molecule has 0 saturated carbocycles. The van der Waals surface area contributed by atoms with Crippen molar-refractivity contribution in [2.24, 2.45) is 5.73 Å². The van der Waals surface area contributed by atoms with Crippen LogP contribution in [0.5, 0.6) is 0 Å². The predicted octanol–water partition coefficient (Wildman–Crippen LogP) is 1.82. The summed E-state index contributed by atoms with van der Waals surface area (Å²) in [6.07, 6.45) is 2.41. The molecule has 17 heavy (non-hydrogen) atoms. The number of unbranched alkanes of at least 4 members (excludes halogenated alkanes) is 1. The van der Waals surface area contributed by atoms with E-state index in [0.29, 0.717) is 5.69 Å². The van der Waals surface area contributed by atoms with Crippen LogP contribution in [0.3, 0.4) is 0 Å². The minimum absolute atomic E-state index is 0.146. The molecule has 0 amide bonds. The van der Waals surface area contributed by atoms with Crippen LogP contribution < -0.4 is 11.1 Å². The SMILES string of the molecule is CCCCC(N)Nc1ccccc1S(=O)(=O)O. The Morgan fingerprint density at radius 3 is 2.65 bits per heavy atom. The third-order valence-corrected chi connectivity index (χ3v) is 3.29. The fraction of sp³-hybridized carbons (Fsp3) is 0.455. The molecule has 0 spiro atoms. The van der Waals surface area contributed by atoms with E-state index in [4.69, 9.17) is 10.3 Å². The van der Waals surface area contributed by atoms with Crippen molar-refractivity contribution >= 4 is 15.8 Å². The van der Waals surface area contributed by atoms with Gasteiger partial charge in [0.2, 0.25) is 0 Å². The van der Waals surface area contributed by atoms with Gasteiger partial charge in [0.05, 0.1) is 11.9 Å². The first kappa shape index (κ1) is 14.0. The Morgan fingerprint density at radius 2 is 2.06 bits per heavy atom. The summed E-state index contributed by atoms with van der Waals surface area (Å²) in [5.41, 5.74) is 6.15. The molecule has 1 aromatic rings. The number of rotatable bonds is 6. The number of para-hydroxylation sites is 1. The summed E-state index contributed by atoms with van der Waals surface area (Å²) >= 11 is 0. The summed E-state index contributed by atoms with van der Waals surface area (Å²) in [6, 6.07) is 6.15. The second kappa shape index (κ2) is 6.00. The van der Waals surface area contributed by atoms with Crippen LogP contribution in [0.4, 0.5) is 5.69 Å². The summed E-state index contributed by atoms with van der Waals surface area (Å²) in [6.45, 7) is 2.05. The van der Waals surface area contributed by atoms with E-state index in [0.717, 1.165) is 19.3 Å². The van der Waals surface area contributed by atoms with E-state index < -0.39 is 10.1 Å². The molecule has 0 radical (unpaired) electrons. The monoisotopic (exact) mass is 258 g/mol. The van der Waals surface area contributed by atoms with Crippen molar-refractivity contribution in [2.75, 3.05) is 5.32 Å². The first-order valence-electron chi connectivity index (χ1n) is 5.53. The van der Waals surface area contributed by atoms with Crippen LogP contribution in [0.15, 0.2) is 29.2 Å². The molecule has 1 atom stereocenters. The molecular formula is C11H18N2O3S. The average Bonchev–Trinajstić information content (AvgIpc) is 2.25. The molecule has 1 aromatic carbocycles. The number of nitrogens with one attached hydrogen (secondary N) is 1. The molecule has 0 bridgehead atoms. The highest BCUT2D eigenvalue weighted by molar-refractivity contribution is 7.86. The fourth-order valence-electron chi connectivity index (χ4n) is 1.51. The Hall–Kier alpha value is -1.11. The van der Waals surface area contributed by atoms with E-state index in [1.807, 2.05) is 0 Å². The second-order valence-electron chi connectivity index (χ2n) is 3.86. The topological polar surface area (TPSA) is 92.4 Å². The van der Waals surface area contributed by atoms with E-state index >= 15 is 0 Å². The first-order chi connectivity index (χ1) is 7.95. The molecule has 0 aliphatic heterocycles.